The van der Waals surface area contributed by atoms with Gasteiger partial charge in [-0.15, -0.1) is 0 Å². The van der Waals surface area contributed by atoms with Crippen LogP contribution in [0, 0.1) is 0 Å². The van der Waals surface area contributed by atoms with E-state index in [1.807, 2.05) is 6.92 Å². The molecular weight excluding hydrogens is 320 g/mol. The van der Waals surface area contributed by atoms with Gasteiger partial charge in [0, 0.05) is 25.6 Å². The maximum Gasteiger partial charge on any atom is 0.208 e. The van der Waals surface area contributed by atoms with E-state index in [0.717, 1.165) is 28.9 Å². The molecule has 0 saturated carbocycles. The fourth-order valence-electron chi connectivity index (χ4n) is 1.28. The molecule has 0 bridgehead atoms. The lowest BCUT2D eigenvalue weighted by Crippen LogP contribution is -2.24. The number of rotatable bonds is 7. The minimum Gasteiger partial charge on any atom is -0.370 e. The number of nitrogens with one attached hydrogen (secondary N) is 2. The molecule has 0 spiro atoms. The Morgan fingerprint density at radius 2 is 2.06 bits per heavy atom. The second-order valence-electron chi connectivity index (χ2n) is 3.79. The number of hydrogen-bond donors (Lipinski definition) is 2. The second kappa shape index (κ2) is 7.01. The Balaban J connectivity index is 2.37. The van der Waals surface area contributed by atoms with Gasteiger partial charge in [0.1, 0.15) is 16.2 Å². The van der Waals surface area contributed by atoms with E-state index in [1.54, 1.807) is 6.07 Å². The van der Waals surface area contributed by atoms with E-state index >= 15 is 0 Å². The Kier molecular flexibility index (Phi) is 5.97. The number of anilines is 1. The predicted molar refractivity (Wildman–Crippen MR) is 75.1 cm³/mol. The van der Waals surface area contributed by atoms with Crippen molar-refractivity contribution in [3.8, 4) is 0 Å². The normalized spacial score (nSPS) is 11.5. The molecule has 1 rings (SSSR count). The third-order valence-electron chi connectivity index (χ3n) is 2.08. The zero-order valence-electron chi connectivity index (χ0n) is 10.4. The first kappa shape index (κ1) is 15.3. The van der Waals surface area contributed by atoms with Gasteiger partial charge in [-0.2, -0.15) is 0 Å². The topological polar surface area (TPSA) is 84.0 Å². The van der Waals surface area contributed by atoms with Gasteiger partial charge in [-0.1, -0.05) is 6.92 Å². The van der Waals surface area contributed by atoms with Gasteiger partial charge in [-0.3, -0.25) is 0 Å². The van der Waals surface area contributed by atoms with E-state index in [1.165, 1.54) is 0 Å². The summed E-state index contributed by atoms with van der Waals surface area (Å²) in [6, 6.07) is 1.79. The van der Waals surface area contributed by atoms with Gasteiger partial charge in [-0.05, 0) is 22.4 Å². The first-order chi connectivity index (χ1) is 8.40. The summed E-state index contributed by atoms with van der Waals surface area (Å²) in [7, 11) is -3.10. The van der Waals surface area contributed by atoms with Crippen molar-refractivity contribution in [2.45, 2.75) is 19.8 Å². The Morgan fingerprint density at radius 1 is 1.33 bits per heavy atom. The molecule has 0 radical (unpaired) electrons. The van der Waals surface area contributed by atoms with Gasteiger partial charge < -0.3 is 5.32 Å². The fourth-order valence-corrected chi connectivity index (χ4v) is 2.21. The molecule has 1 aromatic rings. The Bertz CT molecular complexity index is 493. The van der Waals surface area contributed by atoms with Gasteiger partial charge >= 0.3 is 0 Å². The highest BCUT2D eigenvalue weighted by molar-refractivity contribution is 9.10. The van der Waals surface area contributed by atoms with Crippen LogP contribution < -0.4 is 10.0 Å². The Hall–Kier alpha value is -0.730. The molecule has 0 aliphatic rings. The van der Waals surface area contributed by atoms with Crippen LogP contribution in [0.3, 0.4) is 0 Å². The van der Waals surface area contributed by atoms with Gasteiger partial charge in [0.15, 0.2) is 0 Å². The SMILES string of the molecule is CCc1nc(Br)cc(NCCCNS(C)(=O)=O)n1. The minimum atomic E-state index is -3.10. The lowest BCUT2D eigenvalue weighted by Gasteiger charge is -2.07. The van der Waals surface area contributed by atoms with Crippen molar-refractivity contribution in [2.24, 2.45) is 0 Å². The molecule has 2 N–H and O–H groups in total. The van der Waals surface area contributed by atoms with Crippen molar-refractivity contribution in [3.63, 3.8) is 0 Å². The van der Waals surface area contributed by atoms with Crippen LogP contribution in [-0.4, -0.2) is 37.7 Å². The molecule has 0 saturated heterocycles. The third-order valence-corrected chi connectivity index (χ3v) is 3.22. The smallest absolute Gasteiger partial charge is 0.208 e. The maximum absolute atomic E-state index is 10.8. The average molecular weight is 337 g/mol. The summed E-state index contributed by atoms with van der Waals surface area (Å²) in [6.07, 6.45) is 2.61. The molecule has 0 aliphatic heterocycles. The van der Waals surface area contributed by atoms with Crippen molar-refractivity contribution in [1.29, 1.82) is 0 Å². The predicted octanol–water partition coefficient (Wildman–Crippen LogP) is 1.15. The molecule has 0 atom stereocenters. The van der Waals surface area contributed by atoms with Crippen LogP contribution >= 0.6 is 15.9 Å². The van der Waals surface area contributed by atoms with Crippen molar-refractivity contribution in [3.05, 3.63) is 16.5 Å². The largest absolute Gasteiger partial charge is 0.370 e. The zero-order chi connectivity index (χ0) is 13.6. The summed E-state index contributed by atoms with van der Waals surface area (Å²) in [6.45, 7) is 3.05. The first-order valence-corrected chi connectivity index (χ1v) is 8.31. The van der Waals surface area contributed by atoms with Gasteiger partial charge in [0.2, 0.25) is 10.0 Å². The zero-order valence-corrected chi connectivity index (χ0v) is 12.8. The fraction of sp³-hybridized carbons (Fsp3) is 0.600. The molecule has 0 amide bonds. The standard InChI is InChI=1S/C10H17BrN4O2S/c1-3-9-14-8(11)7-10(15-9)12-5-4-6-13-18(2,16)17/h7,13H,3-6H2,1-2H3,(H,12,14,15). The maximum atomic E-state index is 10.8. The number of halogens is 1. The van der Waals surface area contributed by atoms with Crippen LogP contribution in [0.4, 0.5) is 5.82 Å². The van der Waals surface area contributed by atoms with Crippen LogP contribution in [0.25, 0.3) is 0 Å². The van der Waals surface area contributed by atoms with Gasteiger partial charge in [-0.25, -0.2) is 23.1 Å². The summed E-state index contributed by atoms with van der Waals surface area (Å²) in [5.41, 5.74) is 0. The number of aryl methyl sites for hydroxylation is 1. The van der Waals surface area contributed by atoms with Gasteiger partial charge in [0.25, 0.3) is 0 Å². The van der Waals surface area contributed by atoms with Gasteiger partial charge in [0.05, 0.1) is 6.26 Å². The monoisotopic (exact) mass is 336 g/mol. The molecule has 102 valence electrons. The highest BCUT2D eigenvalue weighted by Crippen LogP contribution is 2.12. The first-order valence-electron chi connectivity index (χ1n) is 5.62. The summed E-state index contributed by atoms with van der Waals surface area (Å²) in [5.74, 6) is 1.51. The lowest BCUT2D eigenvalue weighted by molar-refractivity contribution is 0.586. The van der Waals surface area contributed by atoms with E-state index in [-0.39, 0.29) is 0 Å². The third kappa shape index (κ3) is 6.27. The molecule has 8 heteroatoms. The number of sulfonamides is 1. The number of hydrogen-bond acceptors (Lipinski definition) is 5. The molecule has 6 nitrogen and oxygen atoms in total. The summed E-state index contributed by atoms with van der Waals surface area (Å²) in [4.78, 5) is 8.51. The van der Waals surface area contributed by atoms with E-state index in [4.69, 9.17) is 0 Å². The second-order valence-corrected chi connectivity index (χ2v) is 6.44. The van der Waals surface area contributed by atoms with E-state index in [2.05, 4.69) is 35.9 Å². The summed E-state index contributed by atoms with van der Waals surface area (Å²) >= 11 is 3.32. The van der Waals surface area contributed by atoms with Crippen molar-refractivity contribution in [1.82, 2.24) is 14.7 Å². The minimum absolute atomic E-state index is 0.415. The summed E-state index contributed by atoms with van der Waals surface area (Å²) in [5, 5.41) is 3.13. The molecule has 0 unspecified atom stereocenters. The molecule has 0 aliphatic carbocycles. The quantitative estimate of drug-likeness (QED) is 0.576. The van der Waals surface area contributed by atoms with Crippen LogP contribution in [0.1, 0.15) is 19.2 Å². The molecule has 0 aromatic carbocycles. The molecule has 1 aromatic heterocycles. The van der Waals surface area contributed by atoms with Crippen molar-refractivity contribution >= 4 is 31.8 Å². The average Bonchev–Trinajstić information content (AvgIpc) is 2.26. The van der Waals surface area contributed by atoms with Crippen molar-refractivity contribution in [2.75, 3.05) is 24.7 Å². The van der Waals surface area contributed by atoms with Crippen LogP contribution in [0.2, 0.25) is 0 Å². The molecule has 18 heavy (non-hydrogen) atoms. The lowest BCUT2D eigenvalue weighted by atomic mass is 10.4. The van der Waals surface area contributed by atoms with E-state index < -0.39 is 10.0 Å². The Morgan fingerprint density at radius 3 is 2.67 bits per heavy atom. The highest BCUT2D eigenvalue weighted by Gasteiger charge is 2.02. The molecular formula is C10H17BrN4O2S. The Labute approximate surface area is 116 Å². The number of aromatic nitrogens is 2. The van der Waals surface area contributed by atoms with E-state index in [9.17, 15) is 8.42 Å². The molecule has 0 fully saturated rings. The summed E-state index contributed by atoms with van der Waals surface area (Å²) < 4.78 is 24.8. The molecule has 1 heterocycles. The van der Waals surface area contributed by atoms with E-state index in [0.29, 0.717) is 19.5 Å². The van der Waals surface area contributed by atoms with Crippen LogP contribution in [-0.2, 0) is 16.4 Å². The van der Waals surface area contributed by atoms with Crippen LogP contribution in [0.5, 0.6) is 0 Å². The van der Waals surface area contributed by atoms with Crippen LogP contribution in [0.15, 0.2) is 10.7 Å². The highest BCUT2D eigenvalue weighted by atomic mass is 79.9. The number of nitrogens with zero attached hydrogens (tertiary/aromatic N) is 2. The van der Waals surface area contributed by atoms with Crippen molar-refractivity contribution < 1.29 is 8.42 Å².